The standard InChI is InChI=1S/C20H15FN4O2/c1-12-10-18(24-23-12)22-11-15-13-6-2-3-7-14(13)19(26)25(20(15)27)17-9-5-4-8-16(17)21/h2-11,27H,1H3,(H,23,24). The molecule has 27 heavy (non-hydrogen) atoms. The van der Waals surface area contributed by atoms with Gasteiger partial charge in [0.15, 0.2) is 5.82 Å². The molecule has 0 fully saturated rings. The van der Waals surface area contributed by atoms with Crippen molar-refractivity contribution in [2.75, 3.05) is 0 Å². The molecule has 2 heterocycles. The summed E-state index contributed by atoms with van der Waals surface area (Å²) in [6.45, 7) is 1.84. The smallest absolute Gasteiger partial charge is 0.265 e. The summed E-state index contributed by atoms with van der Waals surface area (Å²) in [5.74, 6) is -0.574. The normalized spacial score (nSPS) is 11.5. The van der Waals surface area contributed by atoms with E-state index in [1.807, 2.05) is 6.92 Å². The van der Waals surface area contributed by atoms with Gasteiger partial charge in [0.1, 0.15) is 5.82 Å². The summed E-state index contributed by atoms with van der Waals surface area (Å²) in [4.78, 5) is 17.2. The van der Waals surface area contributed by atoms with E-state index in [0.717, 1.165) is 10.3 Å². The molecule has 0 radical (unpaired) electrons. The van der Waals surface area contributed by atoms with Crippen LogP contribution in [0.1, 0.15) is 11.3 Å². The van der Waals surface area contributed by atoms with Gasteiger partial charge in [-0.25, -0.2) is 13.9 Å². The van der Waals surface area contributed by atoms with Gasteiger partial charge in [-0.2, -0.15) is 5.10 Å². The third-order valence-electron chi connectivity index (χ3n) is 4.22. The van der Waals surface area contributed by atoms with Gasteiger partial charge in [0.05, 0.1) is 11.3 Å². The highest BCUT2D eigenvalue weighted by Crippen LogP contribution is 2.27. The fourth-order valence-corrected chi connectivity index (χ4v) is 2.95. The van der Waals surface area contributed by atoms with Gasteiger partial charge in [-0.3, -0.25) is 9.89 Å². The van der Waals surface area contributed by atoms with Gasteiger partial charge in [0, 0.05) is 28.7 Å². The highest BCUT2D eigenvalue weighted by atomic mass is 19.1. The summed E-state index contributed by atoms with van der Waals surface area (Å²) in [5.41, 5.74) is 0.596. The molecule has 0 atom stereocenters. The molecule has 0 aliphatic heterocycles. The number of aryl methyl sites for hydroxylation is 1. The van der Waals surface area contributed by atoms with Gasteiger partial charge in [-0.05, 0) is 25.1 Å². The molecular weight excluding hydrogens is 347 g/mol. The number of aliphatic imine (C=N–C) groups is 1. The topological polar surface area (TPSA) is 83.3 Å². The zero-order valence-corrected chi connectivity index (χ0v) is 14.3. The van der Waals surface area contributed by atoms with Crippen molar-refractivity contribution >= 4 is 22.8 Å². The average molecular weight is 362 g/mol. The fraction of sp³-hybridized carbons (Fsp3) is 0.0500. The molecule has 0 bridgehead atoms. The largest absolute Gasteiger partial charge is 0.494 e. The van der Waals surface area contributed by atoms with Crippen molar-refractivity contribution in [2.24, 2.45) is 4.99 Å². The first kappa shape index (κ1) is 16.7. The molecule has 0 aliphatic carbocycles. The molecule has 0 unspecified atom stereocenters. The van der Waals surface area contributed by atoms with Crippen LogP contribution in [-0.2, 0) is 0 Å². The first-order valence-corrected chi connectivity index (χ1v) is 8.24. The quantitative estimate of drug-likeness (QED) is 0.546. The van der Waals surface area contributed by atoms with E-state index in [1.54, 1.807) is 36.4 Å². The Kier molecular flexibility index (Phi) is 4.04. The molecule has 0 aliphatic rings. The van der Waals surface area contributed by atoms with E-state index < -0.39 is 11.4 Å². The van der Waals surface area contributed by atoms with Crippen LogP contribution >= 0.6 is 0 Å². The van der Waals surface area contributed by atoms with Gasteiger partial charge in [-0.1, -0.05) is 30.3 Å². The van der Waals surface area contributed by atoms with E-state index in [2.05, 4.69) is 15.2 Å². The summed E-state index contributed by atoms with van der Waals surface area (Å²) < 4.78 is 15.3. The second-order valence-corrected chi connectivity index (χ2v) is 6.04. The van der Waals surface area contributed by atoms with Crippen LogP contribution in [0.2, 0.25) is 0 Å². The van der Waals surface area contributed by atoms with E-state index in [4.69, 9.17) is 0 Å². The number of aromatic hydroxyl groups is 1. The Hall–Kier alpha value is -3.74. The molecular formula is C20H15FN4O2. The van der Waals surface area contributed by atoms with Crippen LogP contribution in [0.15, 0.2) is 64.4 Å². The third kappa shape index (κ3) is 2.89. The first-order valence-electron chi connectivity index (χ1n) is 8.24. The van der Waals surface area contributed by atoms with Gasteiger partial charge in [-0.15, -0.1) is 0 Å². The van der Waals surface area contributed by atoms with Crippen molar-refractivity contribution in [3.05, 3.63) is 82.0 Å². The summed E-state index contributed by atoms with van der Waals surface area (Å²) in [7, 11) is 0. The molecule has 2 aromatic heterocycles. The minimum absolute atomic E-state index is 0.0315. The number of benzene rings is 2. The number of rotatable bonds is 3. The van der Waals surface area contributed by atoms with Crippen LogP contribution in [0.25, 0.3) is 16.5 Å². The van der Waals surface area contributed by atoms with E-state index in [0.29, 0.717) is 22.2 Å². The number of aromatic nitrogens is 3. The van der Waals surface area contributed by atoms with Crippen molar-refractivity contribution in [1.29, 1.82) is 0 Å². The van der Waals surface area contributed by atoms with Crippen molar-refractivity contribution in [3.63, 3.8) is 0 Å². The number of pyridine rings is 1. The van der Waals surface area contributed by atoms with Gasteiger partial charge in [0.25, 0.3) is 5.56 Å². The maximum absolute atomic E-state index is 14.3. The molecule has 2 N–H and O–H groups in total. The lowest BCUT2D eigenvalue weighted by molar-refractivity contribution is 0.433. The highest BCUT2D eigenvalue weighted by molar-refractivity contribution is 6.02. The molecule has 7 heteroatoms. The predicted octanol–water partition coefficient (Wildman–Crippen LogP) is 3.62. The number of halogens is 1. The van der Waals surface area contributed by atoms with Gasteiger partial charge >= 0.3 is 0 Å². The summed E-state index contributed by atoms with van der Waals surface area (Å²) >= 11 is 0. The second-order valence-electron chi connectivity index (χ2n) is 6.04. The first-order chi connectivity index (χ1) is 13.1. The number of nitrogens with one attached hydrogen (secondary N) is 1. The summed E-state index contributed by atoms with van der Waals surface area (Å²) in [5, 5.41) is 18.5. The molecule has 4 rings (SSSR count). The SMILES string of the molecule is Cc1cc(N=Cc2c(O)n(-c3ccccc3F)c(=O)c3ccccc23)n[nH]1. The lowest BCUT2D eigenvalue weighted by atomic mass is 10.1. The third-order valence-corrected chi connectivity index (χ3v) is 4.22. The van der Waals surface area contributed by atoms with Crippen LogP contribution in [-0.4, -0.2) is 26.1 Å². The Morgan fingerprint density at radius 2 is 1.85 bits per heavy atom. The molecule has 0 spiro atoms. The molecule has 0 saturated heterocycles. The Labute approximate surface area is 153 Å². The van der Waals surface area contributed by atoms with Crippen LogP contribution < -0.4 is 5.56 Å². The van der Waals surface area contributed by atoms with Crippen LogP contribution in [0.4, 0.5) is 10.2 Å². The molecule has 4 aromatic rings. The number of nitrogens with zero attached hydrogens (tertiary/aromatic N) is 3. The predicted molar refractivity (Wildman–Crippen MR) is 102 cm³/mol. The lowest BCUT2D eigenvalue weighted by Gasteiger charge is -2.14. The Bertz CT molecular complexity index is 1240. The fourth-order valence-electron chi connectivity index (χ4n) is 2.95. The highest BCUT2D eigenvalue weighted by Gasteiger charge is 2.18. The van der Waals surface area contributed by atoms with E-state index in [9.17, 15) is 14.3 Å². The zero-order valence-electron chi connectivity index (χ0n) is 14.3. The monoisotopic (exact) mass is 362 g/mol. The average Bonchev–Trinajstić information content (AvgIpc) is 3.08. The van der Waals surface area contributed by atoms with E-state index >= 15 is 0 Å². The molecule has 2 aromatic carbocycles. The molecule has 0 saturated carbocycles. The van der Waals surface area contributed by atoms with E-state index in [1.165, 1.54) is 24.4 Å². The van der Waals surface area contributed by atoms with Crippen molar-refractivity contribution < 1.29 is 9.50 Å². The number of fused-ring (bicyclic) bond motifs is 1. The molecule has 0 amide bonds. The Morgan fingerprint density at radius 1 is 1.15 bits per heavy atom. The number of hydrogen-bond donors (Lipinski definition) is 2. The minimum Gasteiger partial charge on any atom is -0.494 e. The number of para-hydroxylation sites is 1. The molecule has 134 valence electrons. The van der Waals surface area contributed by atoms with Crippen molar-refractivity contribution in [2.45, 2.75) is 6.92 Å². The maximum Gasteiger partial charge on any atom is 0.265 e. The second kappa shape index (κ2) is 6.53. The number of hydrogen-bond acceptors (Lipinski definition) is 4. The van der Waals surface area contributed by atoms with Gasteiger partial charge < -0.3 is 5.11 Å². The Balaban J connectivity index is 2.02. The van der Waals surface area contributed by atoms with Gasteiger partial charge in [0.2, 0.25) is 5.88 Å². The maximum atomic E-state index is 14.3. The van der Waals surface area contributed by atoms with Crippen molar-refractivity contribution in [3.8, 4) is 11.6 Å². The minimum atomic E-state index is -0.615. The lowest BCUT2D eigenvalue weighted by Crippen LogP contribution is -2.21. The van der Waals surface area contributed by atoms with E-state index in [-0.39, 0.29) is 11.6 Å². The number of H-pyrrole nitrogens is 1. The Morgan fingerprint density at radius 3 is 2.56 bits per heavy atom. The van der Waals surface area contributed by atoms with Crippen LogP contribution in [0, 0.1) is 12.7 Å². The van der Waals surface area contributed by atoms with Crippen LogP contribution in [0.3, 0.4) is 0 Å². The van der Waals surface area contributed by atoms with Crippen molar-refractivity contribution in [1.82, 2.24) is 14.8 Å². The van der Waals surface area contributed by atoms with Crippen LogP contribution in [0.5, 0.6) is 5.88 Å². The zero-order chi connectivity index (χ0) is 19.0. The summed E-state index contributed by atoms with van der Waals surface area (Å²) in [6.07, 6.45) is 1.42. The number of aromatic amines is 1. The molecule has 6 nitrogen and oxygen atoms in total. The summed E-state index contributed by atoms with van der Waals surface area (Å²) in [6, 6.07) is 14.3.